The van der Waals surface area contributed by atoms with Crippen molar-refractivity contribution in [2.45, 2.75) is 13.5 Å². The first-order valence-electron chi connectivity index (χ1n) is 5.61. The van der Waals surface area contributed by atoms with Gasteiger partial charge in [0.15, 0.2) is 0 Å². The average molecular weight is 259 g/mol. The summed E-state index contributed by atoms with van der Waals surface area (Å²) in [5, 5.41) is 4.29. The SMILES string of the molecule is CCn1nc(-c2ccccc2)cc(C(N)=S)c1=O. The van der Waals surface area contributed by atoms with Crippen molar-refractivity contribution in [3.63, 3.8) is 0 Å². The predicted molar refractivity (Wildman–Crippen MR) is 75.5 cm³/mol. The van der Waals surface area contributed by atoms with Gasteiger partial charge in [0.2, 0.25) is 0 Å². The van der Waals surface area contributed by atoms with Crippen LogP contribution in [0.3, 0.4) is 0 Å². The number of hydrogen-bond donors (Lipinski definition) is 1. The monoisotopic (exact) mass is 259 g/mol. The summed E-state index contributed by atoms with van der Waals surface area (Å²) in [7, 11) is 0. The van der Waals surface area contributed by atoms with E-state index < -0.39 is 0 Å². The Balaban J connectivity index is 2.67. The van der Waals surface area contributed by atoms with Gasteiger partial charge in [-0.1, -0.05) is 42.5 Å². The Morgan fingerprint density at radius 2 is 2.06 bits per heavy atom. The highest BCUT2D eigenvalue weighted by molar-refractivity contribution is 7.80. The molecular weight excluding hydrogens is 246 g/mol. The molecule has 0 fully saturated rings. The summed E-state index contributed by atoms with van der Waals surface area (Å²) in [4.78, 5) is 12.1. The number of aromatic nitrogens is 2. The van der Waals surface area contributed by atoms with Crippen LogP contribution in [0.25, 0.3) is 11.3 Å². The van der Waals surface area contributed by atoms with Crippen LogP contribution in [0, 0.1) is 0 Å². The summed E-state index contributed by atoms with van der Waals surface area (Å²) in [6, 6.07) is 11.3. The summed E-state index contributed by atoms with van der Waals surface area (Å²) >= 11 is 4.90. The van der Waals surface area contributed by atoms with E-state index in [1.807, 2.05) is 37.3 Å². The lowest BCUT2D eigenvalue weighted by Gasteiger charge is -2.08. The topological polar surface area (TPSA) is 60.9 Å². The predicted octanol–water partition coefficient (Wildman–Crippen LogP) is 1.56. The number of thiocarbonyl (C=S) groups is 1. The maximum Gasteiger partial charge on any atom is 0.277 e. The third-order valence-corrected chi connectivity index (χ3v) is 2.83. The quantitative estimate of drug-likeness (QED) is 0.850. The minimum atomic E-state index is -0.246. The molecule has 5 heteroatoms. The summed E-state index contributed by atoms with van der Waals surface area (Å²) < 4.78 is 1.37. The van der Waals surface area contributed by atoms with Crippen LogP contribution < -0.4 is 11.3 Å². The van der Waals surface area contributed by atoms with Gasteiger partial charge in [-0.2, -0.15) is 5.10 Å². The number of aryl methyl sites for hydroxylation is 1. The molecule has 0 bridgehead atoms. The number of nitrogens with zero attached hydrogens (tertiary/aromatic N) is 2. The maximum atomic E-state index is 12.0. The summed E-state index contributed by atoms with van der Waals surface area (Å²) in [5.74, 6) is 0. The number of hydrogen-bond acceptors (Lipinski definition) is 3. The van der Waals surface area contributed by atoms with E-state index in [4.69, 9.17) is 18.0 Å². The molecule has 18 heavy (non-hydrogen) atoms. The van der Waals surface area contributed by atoms with Gasteiger partial charge in [-0.15, -0.1) is 0 Å². The lowest BCUT2D eigenvalue weighted by Crippen LogP contribution is -2.30. The maximum absolute atomic E-state index is 12.0. The van der Waals surface area contributed by atoms with E-state index in [-0.39, 0.29) is 10.5 Å². The second-order valence-electron chi connectivity index (χ2n) is 3.79. The van der Waals surface area contributed by atoms with Crippen molar-refractivity contribution >= 4 is 17.2 Å². The number of nitrogens with two attached hydrogens (primary N) is 1. The lowest BCUT2D eigenvalue weighted by molar-refractivity contribution is 0.618. The second kappa shape index (κ2) is 5.10. The number of rotatable bonds is 3. The first-order chi connectivity index (χ1) is 8.63. The fourth-order valence-corrected chi connectivity index (χ4v) is 1.83. The molecule has 0 atom stereocenters. The van der Waals surface area contributed by atoms with Crippen molar-refractivity contribution in [1.29, 1.82) is 0 Å². The molecule has 1 aromatic carbocycles. The van der Waals surface area contributed by atoms with Crippen molar-refractivity contribution in [2.24, 2.45) is 5.73 Å². The molecule has 92 valence electrons. The summed E-state index contributed by atoms with van der Waals surface area (Å²) in [5.41, 5.74) is 7.29. The molecule has 0 saturated carbocycles. The van der Waals surface area contributed by atoms with E-state index in [1.165, 1.54) is 4.68 Å². The molecule has 0 saturated heterocycles. The van der Waals surface area contributed by atoms with E-state index in [2.05, 4.69) is 5.10 Å². The van der Waals surface area contributed by atoms with Gasteiger partial charge in [0, 0.05) is 12.1 Å². The fraction of sp³-hybridized carbons (Fsp3) is 0.154. The van der Waals surface area contributed by atoms with Crippen molar-refractivity contribution in [3.05, 3.63) is 52.3 Å². The van der Waals surface area contributed by atoms with E-state index in [0.29, 0.717) is 17.8 Å². The summed E-state index contributed by atoms with van der Waals surface area (Å²) in [6.45, 7) is 2.33. The Labute approximate surface area is 110 Å². The lowest BCUT2D eigenvalue weighted by atomic mass is 10.1. The zero-order chi connectivity index (χ0) is 13.1. The Morgan fingerprint density at radius 1 is 1.39 bits per heavy atom. The zero-order valence-corrected chi connectivity index (χ0v) is 10.8. The molecule has 1 aromatic heterocycles. The van der Waals surface area contributed by atoms with E-state index in [1.54, 1.807) is 6.07 Å². The Hall–Kier alpha value is -2.01. The molecule has 0 unspecified atom stereocenters. The van der Waals surface area contributed by atoms with Crippen molar-refractivity contribution in [2.75, 3.05) is 0 Å². The fourth-order valence-electron chi connectivity index (χ4n) is 1.68. The standard InChI is InChI=1S/C13H13N3OS/c1-2-16-13(17)10(12(14)18)8-11(15-16)9-6-4-3-5-7-9/h3-8H,2H2,1H3,(H2,14,18). The van der Waals surface area contributed by atoms with E-state index >= 15 is 0 Å². The van der Waals surface area contributed by atoms with Gasteiger partial charge in [0.1, 0.15) is 4.99 Å². The van der Waals surface area contributed by atoms with Crippen LogP contribution in [-0.4, -0.2) is 14.8 Å². The Morgan fingerprint density at radius 3 is 2.61 bits per heavy atom. The highest BCUT2D eigenvalue weighted by Crippen LogP contribution is 2.15. The Kier molecular flexibility index (Phi) is 3.53. The normalized spacial score (nSPS) is 10.3. The smallest absolute Gasteiger partial charge is 0.277 e. The van der Waals surface area contributed by atoms with Gasteiger partial charge in [-0.05, 0) is 13.0 Å². The van der Waals surface area contributed by atoms with Crippen LogP contribution in [0.4, 0.5) is 0 Å². The van der Waals surface area contributed by atoms with Crippen LogP contribution >= 0.6 is 12.2 Å². The van der Waals surface area contributed by atoms with E-state index in [0.717, 1.165) is 5.56 Å². The van der Waals surface area contributed by atoms with Gasteiger partial charge >= 0.3 is 0 Å². The molecule has 4 nitrogen and oxygen atoms in total. The van der Waals surface area contributed by atoms with E-state index in [9.17, 15) is 4.79 Å². The van der Waals surface area contributed by atoms with Gasteiger partial charge < -0.3 is 5.73 Å². The molecule has 2 aromatic rings. The van der Waals surface area contributed by atoms with Crippen molar-refractivity contribution in [3.8, 4) is 11.3 Å². The van der Waals surface area contributed by atoms with Crippen LogP contribution in [0.2, 0.25) is 0 Å². The molecule has 0 spiro atoms. The first kappa shape index (κ1) is 12.4. The largest absolute Gasteiger partial charge is 0.389 e. The third-order valence-electron chi connectivity index (χ3n) is 2.61. The minimum Gasteiger partial charge on any atom is -0.389 e. The molecule has 0 aliphatic heterocycles. The van der Waals surface area contributed by atoms with Crippen LogP contribution in [0.1, 0.15) is 12.5 Å². The Bertz CT molecular complexity index is 634. The summed E-state index contributed by atoms with van der Waals surface area (Å²) in [6.07, 6.45) is 0. The van der Waals surface area contributed by atoms with Gasteiger partial charge in [0.25, 0.3) is 5.56 Å². The molecule has 0 radical (unpaired) electrons. The van der Waals surface area contributed by atoms with Crippen molar-refractivity contribution in [1.82, 2.24) is 9.78 Å². The first-order valence-corrected chi connectivity index (χ1v) is 6.01. The van der Waals surface area contributed by atoms with Gasteiger partial charge in [-0.25, -0.2) is 4.68 Å². The van der Waals surface area contributed by atoms with Crippen LogP contribution in [-0.2, 0) is 6.54 Å². The minimum absolute atomic E-state index is 0.0989. The molecule has 2 N–H and O–H groups in total. The molecule has 2 rings (SSSR count). The second-order valence-corrected chi connectivity index (χ2v) is 4.23. The van der Waals surface area contributed by atoms with Gasteiger partial charge in [0.05, 0.1) is 11.3 Å². The zero-order valence-electron chi connectivity index (χ0n) is 9.96. The number of benzene rings is 1. The van der Waals surface area contributed by atoms with Crippen LogP contribution in [0.15, 0.2) is 41.2 Å². The average Bonchev–Trinajstić information content (AvgIpc) is 2.39. The molecule has 0 aliphatic carbocycles. The molecule has 1 heterocycles. The van der Waals surface area contributed by atoms with Crippen molar-refractivity contribution < 1.29 is 0 Å². The molecule has 0 amide bonds. The highest BCUT2D eigenvalue weighted by atomic mass is 32.1. The molecule has 0 aliphatic rings. The highest BCUT2D eigenvalue weighted by Gasteiger charge is 2.10. The van der Waals surface area contributed by atoms with Gasteiger partial charge in [-0.3, -0.25) is 4.79 Å². The van der Waals surface area contributed by atoms with Crippen LogP contribution in [0.5, 0.6) is 0 Å². The third kappa shape index (κ3) is 2.31. The molecular formula is C13H13N3OS.